The molecule has 0 aliphatic carbocycles. The molecule has 3 aromatic carbocycles. The summed E-state index contributed by atoms with van der Waals surface area (Å²) in [5.41, 5.74) is 2.76. The highest BCUT2D eigenvalue weighted by molar-refractivity contribution is 6.05. The number of carbonyl (C=O) groups excluding carboxylic acids is 3. The highest BCUT2D eigenvalue weighted by Crippen LogP contribution is 2.40. The average molecular weight is 517 g/mol. The van der Waals surface area contributed by atoms with Crippen molar-refractivity contribution in [2.75, 3.05) is 16.8 Å². The molecule has 0 aromatic heterocycles. The fourth-order valence-electron chi connectivity index (χ4n) is 4.70. The van der Waals surface area contributed by atoms with Crippen molar-refractivity contribution in [3.63, 3.8) is 0 Å². The Bertz CT molecular complexity index is 1330. The number of anilines is 2. The Morgan fingerprint density at radius 2 is 1.58 bits per heavy atom. The van der Waals surface area contributed by atoms with Gasteiger partial charge < -0.3 is 20.9 Å². The molecule has 0 fully saturated rings. The Balaban J connectivity index is 1.71. The van der Waals surface area contributed by atoms with E-state index in [-0.39, 0.29) is 18.9 Å². The lowest BCUT2D eigenvalue weighted by Crippen LogP contribution is -2.53. The number of para-hydroxylation sites is 1. The summed E-state index contributed by atoms with van der Waals surface area (Å²) in [4.78, 5) is 41.2. The summed E-state index contributed by atoms with van der Waals surface area (Å²) in [5.74, 6) is -1.72. The van der Waals surface area contributed by atoms with Gasteiger partial charge in [-0.05, 0) is 69.5 Å². The first-order valence-corrected chi connectivity index (χ1v) is 12.6. The summed E-state index contributed by atoms with van der Waals surface area (Å²) >= 11 is 0. The zero-order valence-corrected chi connectivity index (χ0v) is 22.0. The molecule has 2 unspecified atom stereocenters. The third kappa shape index (κ3) is 6.37. The number of rotatable bonds is 5. The van der Waals surface area contributed by atoms with Crippen molar-refractivity contribution in [1.82, 2.24) is 10.6 Å². The van der Waals surface area contributed by atoms with Crippen LogP contribution in [0.3, 0.4) is 0 Å². The molecule has 7 nitrogen and oxygen atoms in total. The molecule has 1 aliphatic heterocycles. The van der Waals surface area contributed by atoms with Crippen molar-refractivity contribution in [2.24, 2.45) is 0 Å². The Morgan fingerprint density at radius 1 is 0.947 bits per heavy atom. The standard InChI is InChI=1S/C30H33FN4O3/c1-19-13-15-20(16-14-19)32-29(38)33-25-17-23(21-9-5-7-11-24(21)31)22-10-6-8-12-26(22)35(28(25)37)18-27(36)34-30(2,3)4/h5-16,23,25H,17-18H2,1-4H3,(H,34,36)(H2,32,33,38). The van der Waals surface area contributed by atoms with Gasteiger partial charge in [-0.3, -0.25) is 9.59 Å². The number of fused-ring (bicyclic) bond motifs is 1. The van der Waals surface area contributed by atoms with Crippen LogP contribution < -0.4 is 20.9 Å². The van der Waals surface area contributed by atoms with Crippen LogP contribution in [0.1, 0.15) is 49.8 Å². The van der Waals surface area contributed by atoms with Gasteiger partial charge in [0.1, 0.15) is 18.4 Å². The summed E-state index contributed by atoms with van der Waals surface area (Å²) < 4.78 is 15.0. The average Bonchev–Trinajstić information content (AvgIpc) is 2.95. The molecular weight excluding hydrogens is 483 g/mol. The minimum atomic E-state index is -1.01. The first-order valence-electron chi connectivity index (χ1n) is 12.6. The van der Waals surface area contributed by atoms with Gasteiger partial charge in [-0.25, -0.2) is 9.18 Å². The van der Waals surface area contributed by atoms with E-state index in [9.17, 15) is 14.4 Å². The molecule has 3 N–H and O–H groups in total. The number of hydrogen-bond donors (Lipinski definition) is 3. The fraction of sp³-hybridized carbons (Fsp3) is 0.300. The second kappa shape index (κ2) is 11.0. The molecule has 4 amide bonds. The van der Waals surface area contributed by atoms with Gasteiger partial charge in [0.05, 0.1) is 0 Å². The minimum Gasteiger partial charge on any atom is -0.350 e. The summed E-state index contributed by atoms with van der Waals surface area (Å²) in [5, 5.41) is 8.43. The smallest absolute Gasteiger partial charge is 0.319 e. The molecule has 2 atom stereocenters. The Morgan fingerprint density at radius 3 is 2.24 bits per heavy atom. The van der Waals surface area contributed by atoms with E-state index in [1.54, 1.807) is 42.5 Å². The van der Waals surface area contributed by atoms with E-state index < -0.39 is 35.3 Å². The number of hydrogen-bond acceptors (Lipinski definition) is 3. The van der Waals surface area contributed by atoms with E-state index in [0.717, 1.165) is 5.56 Å². The van der Waals surface area contributed by atoms with Gasteiger partial charge in [0.15, 0.2) is 0 Å². The maximum Gasteiger partial charge on any atom is 0.319 e. The summed E-state index contributed by atoms with van der Waals surface area (Å²) in [6.07, 6.45) is 0.121. The fourth-order valence-corrected chi connectivity index (χ4v) is 4.70. The number of urea groups is 1. The Hall–Kier alpha value is -4.20. The molecule has 198 valence electrons. The van der Waals surface area contributed by atoms with Gasteiger partial charge in [-0.1, -0.05) is 54.1 Å². The van der Waals surface area contributed by atoms with Crippen molar-refractivity contribution < 1.29 is 18.8 Å². The van der Waals surface area contributed by atoms with Crippen molar-refractivity contribution in [2.45, 2.75) is 51.6 Å². The molecule has 4 rings (SSSR count). The van der Waals surface area contributed by atoms with E-state index in [2.05, 4.69) is 16.0 Å². The van der Waals surface area contributed by atoms with E-state index in [0.29, 0.717) is 22.5 Å². The Labute approximate surface area is 222 Å². The number of halogens is 1. The van der Waals surface area contributed by atoms with Crippen LogP contribution in [0, 0.1) is 12.7 Å². The van der Waals surface area contributed by atoms with Gasteiger partial charge in [-0.2, -0.15) is 0 Å². The van der Waals surface area contributed by atoms with Gasteiger partial charge in [-0.15, -0.1) is 0 Å². The van der Waals surface area contributed by atoms with Crippen LogP contribution in [0.25, 0.3) is 0 Å². The molecule has 0 radical (unpaired) electrons. The predicted octanol–water partition coefficient (Wildman–Crippen LogP) is 5.11. The monoisotopic (exact) mass is 516 g/mol. The van der Waals surface area contributed by atoms with Crippen molar-refractivity contribution in [3.05, 3.63) is 95.3 Å². The highest BCUT2D eigenvalue weighted by atomic mass is 19.1. The van der Waals surface area contributed by atoms with Crippen LogP contribution in [0.15, 0.2) is 72.8 Å². The van der Waals surface area contributed by atoms with Crippen LogP contribution >= 0.6 is 0 Å². The topological polar surface area (TPSA) is 90.5 Å². The summed E-state index contributed by atoms with van der Waals surface area (Å²) in [6.45, 7) is 7.28. The molecule has 0 saturated carbocycles. The normalized spacial score (nSPS) is 17.3. The molecule has 1 aliphatic rings. The van der Waals surface area contributed by atoms with Crippen LogP contribution in [-0.4, -0.2) is 36.0 Å². The lowest BCUT2D eigenvalue weighted by molar-refractivity contribution is -0.125. The third-order valence-corrected chi connectivity index (χ3v) is 6.35. The number of aryl methyl sites for hydroxylation is 1. The largest absolute Gasteiger partial charge is 0.350 e. The molecular formula is C30H33FN4O3. The van der Waals surface area contributed by atoms with Gasteiger partial charge in [0.2, 0.25) is 11.8 Å². The van der Waals surface area contributed by atoms with E-state index in [1.807, 2.05) is 52.0 Å². The maximum absolute atomic E-state index is 15.0. The first kappa shape index (κ1) is 26.9. The number of carbonyl (C=O) groups is 3. The molecule has 3 aromatic rings. The summed E-state index contributed by atoms with van der Waals surface area (Å²) in [7, 11) is 0. The van der Waals surface area contributed by atoms with Crippen molar-refractivity contribution in [3.8, 4) is 0 Å². The highest BCUT2D eigenvalue weighted by Gasteiger charge is 2.38. The predicted molar refractivity (Wildman–Crippen MR) is 147 cm³/mol. The van der Waals surface area contributed by atoms with E-state index >= 15 is 4.39 Å². The van der Waals surface area contributed by atoms with Gasteiger partial charge in [0, 0.05) is 22.8 Å². The second-order valence-electron chi connectivity index (χ2n) is 10.6. The number of nitrogens with zero attached hydrogens (tertiary/aromatic N) is 1. The second-order valence-corrected chi connectivity index (χ2v) is 10.6. The van der Waals surface area contributed by atoms with Crippen LogP contribution in [0.2, 0.25) is 0 Å². The lowest BCUT2D eigenvalue weighted by atomic mass is 9.85. The zero-order valence-electron chi connectivity index (χ0n) is 22.0. The SMILES string of the molecule is Cc1ccc(NC(=O)NC2CC(c3ccccc3F)c3ccccc3N(CC(=O)NC(C)(C)C)C2=O)cc1. The number of amides is 4. The van der Waals surface area contributed by atoms with E-state index in [1.165, 1.54) is 11.0 Å². The first-order chi connectivity index (χ1) is 18.0. The summed E-state index contributed by atoms with van der Waals surface area (Å²) in [6, 6.07) is 19.3. The Kier molecular flexibility index (Phi) is 7.80. The molecule has 0 spiro atoms. The minimum absolute atomic E-state index is 0.121. The van der Waals surface area contributed by atoms with Crippen LogP contribution in [0.4, 0.5) is 20.6 Å². The van der Waals surface area contributed by atoms with Crippen molar-refractivity contribution in [1.29, 1.82) is 0 Å². The van der Waals surface area contributed by atoms with Crippen LogP contribution in [-0.2, 0) is 9.59 Å². The van der Waals surface area contributed by atoms with Crippen molar-refractivity contribution >= 4 is 29.2 Å². The third-order valence-electron chi connectivity index (χ3n) is 6.35. The quantitative estimate of drug-likeness (QED) is 0.440. The number of benzene rings is 3. The van der Waals surface area contributed by atoms with Gasteiger partial charge in [0.25, 0.3) is 0 Å². The molecule has 0 bridgehead atoms. The maximum atomic E-state index is 15.0. The molecule has 8 heteroatoms. The van der Waals surface area contributed by atoms with Gasteiger partial charge >= 0.3 is 6.03 Å². The number of nitrogens with one attached hydrogen (secondary N) is 3. The van der Waals surface area contributed by atoms with E-state index in [4.69, 9.17) is 0 Å². The lowest BCUT2D eigenvalue weighted by Gasteiger charge is -2.28. The molecule has 0 saturated heterocycles. The molecule has 38 heavy (non-hydrogen) atoms. The zero-order chi connectivity index (χ0) is 27.4. The molecule has 1 heterocycles. The van der Waals surface area contributed by atoms with Crippen LogP contribution in [0.5, 0.6) is 0 Å².